The van der Waals surface area contributed by atoms with Gasteiger partial charge in [0.25, 0.3) is 5.91 Å². The van der Waals surface area contributed by atoms with Crippen LogP contribution in [-0.4, -0.2) is 50.5 Å². The molecule has 1 atom stereocenters. The Bertz CT molecular complexity index is 1240. The van der Waals surface area contributed by atoms with E-state index in [1.54, 1.807) is 5.32 Å². The number of nitrogens with zero attached hydrogens (tertiary/aromatic N) is 1. The van der Waals surface area contributed by atoms with Gasteiger partial charge in [-0.05, 0) is 30.3 Å². The van der Waals surface area contributed by atoms with Gasteiger partial charge in [0.1, 0.15) is 0 Å². The molecular weight excluding hydrogens is 463 g/mol. The number of esters is 1. The van der Waals surface area contributed by atoms with Crippen LogP contribution in [0.4, 0.5) is 18.3 Å². The third-order valence-electron chi connectivity index (χ3n) is 4.05. The summed E-state index contributed by atoms with van der Waals surface area (Å²) in [5, 5.41) is 3.07. The Morgan fingerprint density at radius 1 is 1.23 bits per heavy atom. The van der Waals surface area contributed by atoms with Gasteiger partial charge in [-0.25, -0.2) is 18.2 Å². The van der Waals surface area contributed by atoms with Crippen molar-refractivity contribution in [3.63, 3.8) is 0 Å². The van der Waals surface area contributed by atoms with Crippen LogP contribution in [0.15, 0.2) is 45.9 Å². The second-order valence-corrected chi connectivity index (χ2v) is 9.26. The Morgan fingerprint density at radius 3 is 2.48 bits per heavy atom. The number of hydrogen-bond acceptors (Lipinski definition) is 9. The van der Waals surface area contributed by atoms with Gasteiger partial charge >= 0.3 is 17.8 Å². The van der Waals surface area contributed by atoms with Crippen molar-refractivity contribution in [2.45, 2.75) is 16.7 Å². The molecule has 166 valence electrons. The van der Waals surface area contributed by atoms with Crippen LogP contribution in [-0.2, 0) is 19.4 Å². The van der Waals surface area contributed by atoms with Gasteiger partial charge in [0, 0.05) is 6.26 Å². The molecule has 0 saturated heterocycles. The first-order valence-electron chi connectivity index (χ1n) is 8.27. The zero-order valence-corrected chi connectivity index (χ0v) is 17.4. The minimum Gasteiger partial charge on any atom is -0.466 e. The van der Waals surface area contributed by atoms with Crippen LogP contribution in [0.1, 0.15) is 10.6 Å². The summed E-state index contributed by atoms with van der Waals surface area (Å²) in [7, 11) is -2.84. The molecule has 1 unspecified atom stereocenters. The smallest absolute Gasteiger partial charge is 0.442 e. The molecule has 0 fully saturated rings. The molecule has 0 spiro atoms. The number of halogens is 3. The molecular formula is C17H14F3N3O6S2. The standard InChI is InChI=1S/C17H14F3N3O6S2/c1-28-14(25)16(17(18,19)20,22-13(24)11-4-3-7-29-11)23-15-21-10-6-5-9(31(2,26)27)8-12(10)30-15/h3-8H,1-2H3,(H,21,23)(H,22,24). The van der Waals surface area contributed by atoms with Gasteiger partial charge in [0.05, 0.1) is 28.5 Å². The number of aromatic nitrogens is 1. The Labute approximate surface area is 177 Å². The van der Waals surface area contributed by atoms with Gasteiger partial charge in [-0.1, -0.05) is 11.3 Å². The van der Waals surface area contributed by atoms with E-state index in [4.69, 9.17) is 4.42 Å². The number of carbonyl (C=O) groups is 2. The summed E-state index contributed by atoms with van der Waals surface area (Å²) in [5.74, 6) is -3.65. The zero-order chi connectivity index (χ0) is 23.0. The molecule has 2 N–H and O–H groups in total. The van der Waals surface area contributed by atoms with Gasteiger partial charge < -0.3 is 19.8 Å². The summed E-state index contributed by atoms with van der Waals surface area (Å²) >= 11 is 0.654. The van der Waals surface area contributed by atoms with Crippen molar-refractivity contribution in [2.24, 2.45) is 0 Å². The summed E-state index contributed by atoms with van der Waals surface area (Å²) in [5.41, 5.74) is -3.52. The second-order valence-electron chi connectivity index (χ2n) is 6.22. The number of carbonyl (C=O) groups excluding carboxylic acids is 2. The number of methoxy groups -OCH3 is 1. The molecule has 0 bridgehead atoms. The van der Waals surface area contributed by atoms with Crippen LogP contribution in [0.3, 0.4) is 0 Å². The highest BCUT2D eigenvalue weighted by Crippen LogP contribution is 2.36. The van der Waals surface area contributed by atoms with Crippen molar-refractivity contribution in [1.29, 1.82) is 0 Å². The monoisotopic (exact) mass is 477 g/mol. The van der Waals surface area contributed by atoms with E-state index >= 15 is 0 Å². The number of sulfone groups is 1. The molecule has 0 aliphatic heterocycles. The van der Waals surface area contributed by atoms with E-state index in [1.807, 2.05) is 5.32 Å². The number of amides is 1. The first-order valence-corrected chi connectivity index (χ1v) is 11.0. The number of thiazole rings is 1. The number of anilines is 1. The number of alkyl halides is 3. The van der Waals surface area contributed by atoms with E-state index < -0.39 is 44.4 Å². The SMILES string of the molecule is COC(=O)C(NC(=O)c1ccco1)(Nc1nc2ccc(S(C)(=O)=O)cc2s1)C(F)(F)F. The topological polar surface area (TPSA) is 128 Å². The van der Waals surface area contributed by atoms with Crippen LogP contribution in [0.25, 0.3) is 10.2 Å². The van der Waals surface area contributed by atoms with E-state index in [2.05, 4.69) is 9.72 Å². The third kappa shape index (κ3) is 4.34. The maximum Gasteiger partial charge on any atom is 0.442 e. The fraction of sp³-hybridized carbons (Fsp3) is 0.235. The molecule has 1 aromatic carbocycles. The van der Waals surface area contributed by atoms with Gasteiger partial charge in [0.15, 0.2) is 20.7 Å². The molecule has 31 heavy (non-hydrogen) atoms. The summed E-state index contributed by atoms with van der Waals surface area (Å²) in [6.45, 7) is 0. The van der Waals surface area contributed by atoms with Gasteiger partial charge in [0.2, 0.25) is 0 Å². The van der Waals surface area contributed by atoms with Crippen LogP contribution < -0.4 is 10.6 Å². The molecule has 14 heteroatoms. The van der Waals surface area contributed by atoms with Gasteiger partial charge in [-0.15, -0.1) is 0 Å². The number of rotatable bonds is 6. The highest BCUT2D eigenvalue weighted by molar-refractivity contribution is 7.90. The number of ether oxygens (including phenoxy) is 1. The highest BCUT2D eigenvalue weighted by Gasteiger charge is 2.64. The lowest BCUT2D eigenvalue weighted by atomic mass is 10.1. The molecule has 2 heterocycles. The molecule has 0 saturated carbocycles. The van der Waals surface area contributed by atoms with Crippen molar-refractivity contribution in [2.75, 3.05) is 18.7 Å². The Hall–Kier alpha value is -3.13. The predicted molar refractivity (Wildman–Crippen MR) is 103 cm³/mol. The molecule has 0 radical (unpaired) electrons. The molecule has 0 aliphatic carbocycles. The quantitative estimate of drug-likeness (QED) is 0.410. The van der Waals surface area contributed by atoms with Crippen LogP contribution in [0.5, 0.6) is 0 Å². The van der Waals surface area contributed by atoms with Gasteiger partial charge in [-0.2, -0.15) is 13.2 Å². The van der Waals surface area contributed by atoms with E-state index in [-0.39, 0.29) is 15.1 Å². The van der Waals surface area contributed by atoms with E-state index in [0.717, 1.165) is 25.7 Å². The van der Waals surface area contributed by atoms with E-state index in [0.29, 0.717) is 11.3 Å². The molecule has 2 aromatic heterocycles. The largest absolute Gasteiger partial charge is 0.466 e. The second kappa shape index (κ2) is 7.85. The first kappa shape index (κ1) is 22.6. The summed E-state index contributed by atoms with van der Waals surface area (Å²) in [4.78, 5) is 28.4. The van der Waals surface area contributed by atoms with Crippen molar-refractivity contribution < 1.29 is 40.3 Å². The zero-order valence-electron chi connectivity index (χ0n) is 15.8. The van der Waals surface area contributed by atoms with Crippen LogP contribution in [0, 0.1) is 0 Å². The lowest BCUT2D eigenvalue weighted by molar-refractivity contribution is -0.203. The number of benzene rings is 1. The Kier molecular flexibility index (Phi) is 5.71. The molecule has 0 aliphatic rings. The fourth-order valence-electron chi connectivity index (χ4n) is 2.53. The minimum atomic E-state index is -5.36. The number of fused-ring (bicyclic) bond motifs is 1. The van der Waals surface area contributed by atoms with Gasteiger partial charge in [-0.3, -0.25) is 4.79 Å². The van der Waals surface area contributed by atoms with E-state index in [9.17, 15) is 31.2 Å². The van der Waals surface area contributed by atoms with Crippen molar-refractivity contribution in [1.82, 2.24) is 10.3 Å². The molecule has 1 amide bonds. The predicted octanol–water partition coefficient (Wildman–Crippen LogP) is 2.57. The number of furan rings is 1. The summed E-state index contributed by atoms with van der Waals surface area (Å²) in [6, 6.07) is 6.18. The summed E-state index contributed by atoms with van der Waals surface area (Å²) < 4.78 is 74.9. The van der Waals surface area contributed by atoms with Crippen LogP contribution >= 0.6 is 11.3 Å². The Morgan fingerprint density at radius 2 is 1.94 bits per heavy atom. The maximum absolute atomic E-state index is 14.1. The fourth-order valence-corrected chi connectivity index (χ4v) is 4.22. The normalized spacial score (nSPS) is 14.1. The Balaban J connectivity index is 2.07. The average molecular weight is 477 g/mol. The lowest BCUT2D eigenvalue weighted by Gasteiger charge is -2.33. The minimum absolute atomic E-state index is 0.0589. The average Bonchev–Trinajstić information content (AvgIpc) is 3.33. The van der Waals surface area contributed by atoms with Crippen LogP contribution in [0.2, 0.25) is 0 Å². The van der Waals surface area contributed by atoms with Crippen molar-refractivity contribution in [3.8, 4) is 0 Å². The lowest BCUT2D eigenvalue weighted by Crippen LogP contribution is -2.69. The molecule has 3 aromatic rings. The first-order chi connectivity index (χ1) is 14.4. The maximum atomic E-state index is 14.1. The number of hydrogen-bond donors (Lipinski definition) is 2. The van der Waals surface area contributed by atoms with Crippen molar-refractivity contribution >= 4 is 48.4 Å². The molecule has 9 nitrogen and oxygen atoms in total. The summed E-state index contributed by atoms with van der Waals surface area (Å²) in [6.07, 6.45) is -3.31. The molecule has 3 rings (SSSR count). The highest BCUT2D eigenvalue weighted by atomic mass is 32.2. The third-order valence-corrected chi connectivity index (χ3v) is 6.09. The van der Waals surface area contributed by atoms with E-state index in [1.165, 1.54) is 24.3 Å². The number of nitrogens with one attached hydrogen (secondary N) is 2. The van der Waals surface area contributed by atoms with Crippen molar-refractivity contribution in [3.05, 3.63) is 42.4 Å².